The number of methoxy groups -OCH3 is 1. The van der Waals surface area contributed by atoms with Gasteiger partial charge in [-0.3, -0.25) is 19.7 Å². The van der Waals surface area contributed by atoms with E-state index in [2.05, 4.69) is 5.32 Å². The lowest BCUT2D eigenvalue weighted by molar-refractivity contribution is -0.152. The summed E-state index contributed by atoms with van der Waals surface area (Å²) in [4.78, 5) is 54.8. The summed E-state index contributed by atoms with van der Waals surface area (Å²) in [5.41, 5.74) is 1.43. The van der Waals surface area contributed by atoms with Crippen molar-refractivity contribution >= 4 is 29.3 Å². The van der Waals surface area contributed by atoms with Gasteiger partial charge >= 0.3 is 5.97 Å². The molecule has 0 aromatic heterocycles. The lowest BCUT2D eigenvalue weighted by Gasteiger charge is -2.33. The second kappa shape index (κ2) is 8.84. The molecule has 7 heteroatoms. The molecule has 0 unspecified atom stereocenters. The number of hydrogen-bond acceptors (Lipinski definition) is 6. The zero-order valence-corrected chi connectivity index (χ0v) is 20.2. The fourth-order valence-electron chi connectivity index (χ4n) is 5.66. The number of ketones is 1. The lowest BCUT2D eigenvalue weighted by Crippen LogP contribution is -2.53. The number of rotatable bonds is 5. The molecule has 3 aromatic rings. The van der Waals surface area contributed by atoms with Gasteiger partial charge in [0, 0.05) is 11.6 Å². The van der Waals surface area contributed by atoms with Crippen molar-refractivity contribution in [3.05, 3.63) is 101 Å². The fourth-order valence-corrected chi connectivity index (χ4v) is 5.66. The summed E-state index contributed by atoms with van der Waals surface area (Å²) >= 11 is 0. The van der Waals surface area contributed by atoms with E-state index in [0.717, 1.165) is 16.0 Å². The Kier molecular flexibility index (Phi) is 5.80. The Bertz CT molecular complexity index is 1390. The number of carbonyl (C=O) groups is 4. The maximum Gasteiger partial charge on any atom is 0.331 e. The monoisotopic (exact) mass is 482 g/mol. The van der Waals surface area contributed by atoms with E-state index in [4.69, 9.17) is 4.74 Å². The molecule has 3 aromatic carbocycles. The molecule has 2 saturated heterocycles. The molecule has 2 amide bonds. The number of imide groups is 1. The van der Waals surface area contributed by atoms with Gasteiger partial charge in [-0.05, 0) is 42.7 Å². The van der Waals surface area contributed by atoms with Crippen LogP contribution in [0.1, 0.15) is 40.0 Å². The van der Waals surface area contributed by atoms with E-state index < -0.39 is 41.2 Å². The molecule has 1 N–H and O–H groups in total. The van der Waals surface area contributed by atoms with Crippen LogP contribution in [0.25, 0.3) is 0 Å². The molecular formula is C29H26N2O5. The summed E-state index contributed by atoms with van der Waals surface area (Å²) in [6.45, 7) is 3.36. The first-order chi connectivity index (χ1) is 17.3. The van der Waals surface area contributed by atoms with Gasteiger partial charge in [-0.1, -0.05) is 66.7 Å². The van der Waals surface area contributed by atoms with Crippen LogP contribution in [0.15, 0.2) is 78.9 Å². The van der Waals surface area contributed by atoms with E-state index in [1.54, 1.807) is 42.5 Å². The summed E-state index contributed by atoms with van der Waals surface area (Å²) in [6, 6.07) is 22.3. The molecule has 2 aliphatic rings. The summed E-state index contributed by atoms with van der Waals surface area (Å²) in [6.07, 6.45) is 0. The average Bonchev–Trinajstić information content (AvgIpc) is 3.38. The van der Waals surface area contributed by atoms with Crippen molar-refractivity contribution in [2.24, 2.45) is 11.8 Å². The third kappa shape index (κ3) is 3.38. The van der Waals surface area contributed by atoms with Gasteiger partial charge in [-0.2, -0.15) is 0 Å². The number of aryl methyl sites for hydroxylation is 1. The SMILES string of the molecule is COC(=O)[C@]1(c2ccccc2)N[C@H](c2ccccc2C)[C@H]2C(=O)N(c3cccc(C(C)=O)c3)C(=O)[C@H]21. The normalized spacial score (nSPS) is 25.1. The maximum absolute atomic E-state index is 14.1. The van der Waals surface area contributed by atoms with Crippen molar-refractivity contribution in [2.45, 2.75) is 25.4 Å². The van der Waals surface area contributed by atoms with E-state index >= 15 is 0 Å². The number of hydrogen-bond donors (Lipinski definition) is 1. The molecule has 0 spiro atoms. The summed E-state index contributed by atoms with van der Waals surface area (Å²) < 4.78 is 5.26. The molecule has 2 heterocycles. The standard InChI is InChI=1S/C29H26N2O5/c1-17-10-7-8-15-22(17)25-23-24(29(30-25,28(35)36-3)20-12-5-4-6-13-20)27(34)31(26(23)33)21-14-9-11-19(16-21)18(2)32/h4-16,23-25,30H,1-3H3/t23-,24-,25+,29+/m0/s1. The molecule has 2 aliphatic heterocycles. The number of nitrogens with zero attached hydrogens (tertiary/aromatic N) is 1. The Morgan fingerprint density at radius 1 is 0.917 bits per heavy atom. The predicted molar refractivity (Wildman–Crippen MR) is 133 cm³/mol. The molecule has 7 nitrogen and oxygen atoms in total. The fraction of sp³-hybridized carbons (Fsp3) is 0.241. The lowest BCUT2D eigenvalue weighted by atomic mass is 9.75. The number of benzene rings is 3. The number of amides is 2. The summed E-state index contributed by atoms with van der Waals surface area (Å²) in [5, 5.41) is 3.40. The Balaban J connectivity index is 1.74. The van der Waals surface area contributed by atoms with Crippen LogP contribution in [-0.4, -0.2) is 30.7 Å². The maximum atomic E-state index is 14.1. The van der Waals surface area contributed by atoms with Gasteiger partial charge in [0.1, 0.15) is 0 Å². The van der Waals surface area contributed by atoms with Crippen molar-refractivity contribution in [3.8, 4) is 0 Å². The quantitative estimate of drug-likeness (QED) is 0.339. The van der Waals surface area contributed by atoms with Crippen molar-refractivity contribution in [2.75, 3.05) is 12.0 Å². The largest absolute Gasteiger partial charge is 0.467 e. The molecule has 182 valence electrons. The van der Waals surface area contributed by atoms with Crippen LogP contribution in [-0.2, 0) is 24.7 Å². The van der Waals surface area contributed by atoms with Gasteiger partial charge in [0.05, 0.1) is 24.6 Å². The Labute approximate surface area is 209 Å². The van der Waals surface area contributed by atoms with Crippen molar-refractivity contribution in [1.29, 1.82) is 0 Å². The van der Waals surface area contributed by atoms with Gasteiger partial charge < -0.3 is 4.74 Å². The average molecular weight is 483 g/mol. The number of fused-ring (bicyclic) bond motifs is 1. The highest BCUT2D eigenvalue weighted by atomic mass is 16.5. The van der Waals surface area contributed by atoms with Crippen molar-refractivity contribution in [1.82, 2.24) is 5.32 Å². The molecular weight excluding hydrogens is 456 g/mol. The third-order valence-electron chi connectivity index (χ3n) is 7.33. The number of esters is 1. The van der Waals surface area contributed by atoms with Gasteiger partial charge in [-0.25, -0.2) is 9.69 Å². The van der Waals surface area contributed by atoms with Crippen molar-refractivity contribution < 1.29 is 23.9 Å². The minimum atomic E-state index is -1.58. The smallest absolute Gasteiger partial charge is 0.331 e. The number of Topliss-reactive ketones (excluding diaryl/α,β-unsaturated/α-hetero) is 1. The minimum Gasteiger partial charge on any atom is -0.467 e. The van der Waals surface area contributed by atoms with Gasteiger partial charge in [0.15, 0.2) is 11.3 Å². The molecule has 0 saturated carbocycles. The van der Waals surface area contributed by atoms with Crippen LogP contribution in [0, 0.1) is 18.8 Å². The van der Waals surface area contributed by atoms with E-state index in [-0.39, 0.29) is 5.78 Å². The predicted octanol–water partition coefficient (Wildman–Crippen LogP) is 3.72. The molecule has 4 atom stereocenters. The minimum absolute atomic E-state index is 0.177. The molecule has 5 rings (SSSR count). The third-order valence-corrected chi connectivity index (χ3v) is 7.33. The van der Waals surface area contributed by atoms with Gasteiger partial charge in [-0.15, -0.1) is 0 Å². The van der Waals surface area contributed by atoms with Crippen LogP contribution in [0.4, 0.5) is 5.69 Å². The highest BCUT2D eigenvalue weighted by Gasteiger charge is 2.69. The van der Waals surface area contributed by atoms with Gasteiger partial charge in [0.25, 0.3) is 0 Å². The van der Waals surface area contributed by atoms with Crippen LogP contribution < -0.4 is 10.2 Å². The zero-order chi connectivity index (χ0) is 25.6. The second-order valence-corrected chi connectivity index (χ2v) is 9.27. The van der Waals surface area contributed by atoms with E-state index in [0.29, 0.717) is 16.8 Å². The highest BCUT2D eigenvalue weighted by molar-refractivity contribution is 6.24. The molecule has 0 radical (unpaired) electrons. The number of anilines is 1. The summed E-state index contributed by atoms with van der Waals surface area (Å²) in [7, 11) is 1.28. The zero-order valence-electron chi connectivity index (χ0n) is 20.2. The Morgan fingerprint density at radius 3 is 2.28 bits per heavy atom. The first kappa shape index (κ1) is 23.6. The van der Waals surface area contributed by atoms with Crippen molar-refractivity contribution in [3.63, 3.8) is 0 Å². The van der Waals surface area contributed by atoms with E-state index in [1.165, 1.54) is 20.1 Å². The molecule has 36 heavy (non-hydrogen) atoms. The first-order valence-electron chi connectivity index (χ1n) is 11.8. The second-order valence-electron chi connectivity index (χ2n) is 9.27. The molecule has 2 fully saturated rings. The summed E-state index contributed by atoms with van der Waals surface area (Å²) in [5.74, 6) is -3.66. The van der Waals surface area contributed by atoms with Crippen LogP contribution in [0.2, 0.25) is 0 Å². The number of carbonyl (C=O) groups excluding carboxylic acids is 4. The van der Waals surface area contributed by atoms with Gasteiger partial charge in [0.2, 0.25) is 11.8 Å². The molecule has 0 aliphatic carbocycles. The highest BCUT2D eigenvalue weighted by Crippen LogP contribution is 2.54. The Hall–Kier alpha value is -4.10. The van der Waals surface area contributed by atoms with Crippen LogP contribution >= 0.6 is 0 Å². The van der Waals surface area contributed by atoms with Crippen LogP contribution in [0.5, 0.6) is 0 Å². The number of ether oxygens (including phenoxy) is 1. The van der Waals surface area contributed by atoms with E-state index in [9.17, 15) is 19.2 Å². The molecule has 0 bridgehead atoms. The Morgan fingerprint density at radius 2 is 1.61 bits per heavy atom. The van der Waals surface area contributed by atoms with E-state index in [1.807, 2.05) is 37.3 Å². The first-order valence-corrected chi connectivity index (χ1v) is 11.8. The topological polar surface area (TPSA) is 92.8 Å². The van der Waals surface area contributed by atoms with Crippen LogP contribution in [0.3, 0.4) is 0 Å². The number of nitrogens with one attached hydrogen (secondary N) is 1.